The van der Waals surface area contributed by atoms with E-state index in [9.17, 15) is 14.4 Å². The van der Waals surface area contributed by atoms with Gasteiger partial charge in [0.05, 0.1) is 32.5 Å². The van der Waals surface area contributed by atoms with Crippen molar-refractivity contribution in [1.82, 2.24) is 5.32 Å². The van der Waals surface area contributed by atoms with E-state index in [2.05, 4.69) is 5.32 Å². The molecule has 0 aromatic heterocycles. The molecular weight excluding hydrogens is 522 g/mol. The van der Waals surface area contributed by atoms with Gasteiger partial charge in [-0.3, -0.25) is 4.79 Å². The van der Waals surface area contributed by atoms with Crippen LogP contribution in [0.2, 0.25) is 0 Å². The fourth-order valence-electron chi connectivity index (χ4n) is 6.31. The maximum Gasteiger partial charge on any atom is 0.337 e. The van der Waals surface area contributed by atoms with E-state index in [0.29, 0.717) is 40.3 Å². The van der Waals surface area contributed by atoms with Crippen molar-refractivity contribution in [2.75, 3.05) is 21.3 Å². The third-order valence-electron chi connectivity index (χ3n) is 8.42. The number of methoxy groups -OCH3 is 3. The molecular formula is C33H37NO7. The van der Waals surface area contributed by atoms with Crippen molar-refractivity contribution in [2.24, 2.45) is 0 Å². The minimum absolute atomic E-state index is 0.0314. The van der Waals surface area contributed by atoms with E-state index in [0.717, 1.165) is 48.9 Å². The SMILES string of the molecule is COC(=O)c1ccc([C@@H]2C(C(=O)OC3CCCCC3)=C(C)NC3=C2C(=O)C[C@H](c2ccc(OC)c(OC)c2)C3)cc1. The van der Waals surface area contributed by atoms with Gasteiger partial charge in [0.25, 0.3) is 0 Å². The molecule has 0 amide bonds. The highest BCUT2D eigenvalue weighted by molar-refractivity contribution is 6.04. The van der Waals surface area contributed by atoms with Gasteiger partial charge in [0.15, 0.2) is 17.3 Å². The summed E-state index contributed by atoms with van der Waals surface area (Å²) in [4.78, 5) is 39.8. The first kappa shape index (κ1) is 28.5. The van der Waals surface area contributed by atoms with Crippen LogP contribution in [0.25, 0.3) is 0 Å². The van der Waals surface area contributed by atoms with Crippen LogP contribution in [0.4, 0.5) is 0 Å². The van der Waals surface area contributed by atoms with Crippen molar-refractivity contribution in [2.45, 2.75) is 69.8 Å². The van der Waals surface area contributed by atoms with Crippen LogP contribution in [0.15, 0.2) is 65.0 Å². The Morgan fingerprint density at radius 2 is 1.51 bits per heavy atom. The van der Waals surface area contributed by atoms with Gasteiger partial charge < -0.3 is 24.3 Å². The molecule has 1 aliphatic heterocycles. The number of carbonyl (C=O) groups is 3. The zero-order chi connectivity index (χ0) is 29.1. The molecule has 3 aliphatic rings. The number of allylic oxidation sites excluding steroid dienone is 3. The molecule has 1 N–H and O–H groups in total. The van der Waals surface area contributed by atoms with Crippen LogP contribution >= 0.6 is 0 Å². The Hall–Kier alpha value is -4.07. The Morgan fingerprint density at radius 1 is 0.829 bits per heavy atom. The number of carbonyl (C=O) groups excluding carboxylic acids is 3. The molecule has 8 nitrogen and oxygen atoms in total. The standard InChI is InChI=1S/C33H37NO7/c1-19-29(33(37)41-24-8-6-5-7-9-24)30(20-10-12-21(13-11-20)32(36)40-4)31-25(34-19)16-23(17-26(31)35)22-14-15-27(38-2)28(18-22)39-3/h10-15,18,23-24,30,34H,5-9,16-17H2,1-4H3/t23-,30-/m1/s1. The number of nitrogens with one attached hydrogen (secondary N) is 1. The van der Waals surface area contributed by atoms with E-state index in [1.165, 1.54) is 7.11 Å². The first-order valence-electron chi connectivity index (χ1n) is 14.2. The summed E-state index contributed by atoms with van der Waals surface area (Å²) in [6.07, 6.45) is 5.69. The Kier molecular flexibility index (Phi) is 8.47. The van der Waals surface area contributed by atoms with Gasteiger partial charge in [-0.05, 0) is 80.3 Å². The van der Waals surface area contributed by atoms with E-state index < -0.39 is 17.9 Å². The maximum atomic E-state index is 14.0. The second kappa shape index (κ2) is 12.2. The Balaban J connectivity index is 1.52. The lowest BCUT2D eigenvalue weighted by molar-refractivity contribution is -0.146. The van der Waals surface area contributed by atoms with E-state index >= 15 is 0 Å². The summed E-state index contributed by atoms with van der Waals surface area (Å²) in [5, 5.41) is 3.41. The van der Waals surface area contributed by atoms with Gasteiger partial charge >= 0.3 is 11.9 Å². The van der Waals surface area contributed by atoms with Gasteiger partial charge in [0.1, 0.15) is 6.10 Å². The number of rotatable bonds is 7. The number of dihydropyridines is 1. The van der Waals surface area contributed by atoms with Crippen LogP contribution < -0.4 is 14.8 Å². The second-order valence-corrected chi connectivity index (χ2v) is 10.9. The van der Waals surface area contributed by atoms with Gasteiger partial charge in [-0.15, -0.1) is 0 Å². The normalized spacial score (nSPS) is 21.1. The van der Waals surface area contributed by atoms with E-state index in [-0.39, 0.29) is 24.2 Å². The maximum absolute atomic E-state index is 14.0. The molecule has 0 bridgehead atoms. The third kappa shape index (κ3) is 5.73. The van der Waals surface area contributed by atoms with Crippen molar-refractivity contribution in [3.8, 4) is 11.5 Å². The molecule has 0 spiro atoms. The Morgan fingerprint density at radius 3 is 2.17 bits per heavy atom. The average molecular weight is 560 g/mol. The van der Waals surface area contributed by atoms with Crippen molar-refractivity contribution >= 4 is 17.7 Å². The lowest BCUT2D eigenvalue weighted by atomic mass is 9.71. The van der Waals surface area contributed by atoms with Crippen molar-refractivity contribution in [3.05, 3.63) is 81.7 Å². The quantitative estimate of drug-likeness (QED) is 0.430. The zero-order valence-corrected chi connectivity index (χ0v) is 24.1. The number of ketones is 1. The van der Waals surface area contributed by atoms with Crippen LogP contribution in [-0.4, -0.2) is 45.2 Å². The molecule has 1 fully saturated rings. The molecule has 41 heavy (non-hydrogen) atoms. The van der Waals surface area contributed by atoms with Crippen molar-refractivity contribution in [1.29, 1.82) is 0 Å². The first-order valence-corrected chi connectivity index (χ1v) is 14.2. The average Bonchev–Trinajstić information content (AvgIpc) is 3.00. The molecule has 0 unspecified atom stereocenters. The summed E-state index contributed by atoms with van der Waals surface area (Å²) in [5.74, 6) is -0.309. The van der Waals surface area contributed by atoms with E-state index in [1.807, 2.05) is 25.1 Å². The highest BCUT2D eigenvalue weighted by Gasteiger charge is 2.42. The lowest BCUT2D eigenvalue weighted by Crippen LogP contribution is -2.37. The summed E-state index contributed by atoms with van der Waals surface area (Å²) in [7, 11) is 4.52. The Labute approximate surface area is 240 Å². The first-order chi connectivity index (χ1) is 19.8. The fraction of sp³-hybridized carbons (Fsp3) is 0.424. The zero-order valence-electron chi connectivity index (χ0n) is 24.1. The summed E-state index contributed by atoms with van der Waals surface area (Å²) in [6.45, 7) is 1.86. The number of hydrogen-bond donors (Lipinski definition) is 1. The molecule has 2 aromatic rings. The minimum Gasteiger partial charge on any atom is -0.493 e. The molecule has 2 atom stereocenters. The van der Waals surface area contributed by atoms with Crippen molar-refractivity contribution < 1.29 is 33.3 Å². The largest absolute Gasteiger partial charge is 0.493 e. The predicted molar refractivity (Wildman–Crippen MR) is 153 cm³/mol. The molecule has 5 rings (SSSR count). The topological polar surface area (TPSA) is 100 Å². The fourth-order valence-corrected chi connectivity index (χ4v) is 6.31. The summed E-state index contributed by atoms with van der Waals surface area (Å²) in [6, 6.07) is 12.7. The van der Waals surface area contributed by atoms with Gasteiger partial charge in [0.2, 0.25) is 0 Å². The van der Waals surface area contributed by atoms with Gasteiger partial charge in [-0.2, -0.15) is 0 Å². The molecule has 1 heterocycles. The number of Topliss-reactive ketones (excluding diaryl/α,β-unsaturated/α-hetero) is 1. The molecule has 0 radical (unpaired) electrons. The monoisotopic (exact) mass is 559 g/mol. The van der Waals surface area contributed by atoms with Crippen LogP contribution in [0.5, 0.6) is 11.5 Å². The summed E-state index contributed by atoms with van der Waals surface area (Å²) in [5.41, 5.74) is 4.62. The third-order valence-corrected chi connectivity index (χ3v) is 8.42. The highest BCUT2D eigenvalue weighted by Crippen LogP contribution is 2.46. The molecule has 2 aromatic carbocycles. The van der Waals surface area contributed by atoms with E-state index in [1.54, 1.807) is 38.5 Å². The van der Waals surface area contributed by atoms with Crippen molar-refractivity contribution in [3.63, 3.8) is 0 Å². The van der Waals surface area contributed by atoms with Crippen LogP contribution in [0, 0.1) is 0 Å². The van der Waals surface area contributed by atoms with E-state index in [4.69, 9.17) is 18.9 Å². The summed E-state index contributed by atoms with van der Waals surface area (Å²) < 4.78 is 21.8. The van der Waals surface area contributed by atoms with Crippen LogP contribution in [0.1, 0.15) is 85.2 Å². The van der Waals surface area contributed by atoms with Gasteiger partial charge in [0, 0.05) is 29.3 Å². The lowest BCUT2D eigenvalue weighted by Gasteiger charge is -2.37. The molecule has 2 aliphatic carbocycles. The second-order valence-electron chi connectivity index (χ2n) is 10.9. The number of ether oxygens (including phenoxy) is 4. The number of esters is 2. The molecule has 8 heteroatoms. The summed E-state index contributed by atoms with van der Waals surface area (Å²) >= 11 is 0. The molecule has 0 saturated heterocycles. The number of hydrogen-bond acceptors (Lipinski definition) is 8. The smallest absolute Gasteiger partial charge is 0.337 e. The minimum atomic E-state index is -0.604. The molecule has 216 valence electrons. The molecule has 1 saturated carbocycles. The Bertz CT molecular complexity index is 1400. The van der Waals surface area contributed by atoms with Crippen LogP contribution in [-0.2, 0) is 19.1 Å². The van der Waals surface area contributed by atoms with Crippen LogP contribution in [0.3, 0.4) is 0 Å². The number of benzene rings is 2. The van der Waals surface area contributed by atoms with Gasteiger partial charge in [-0.25, -0.2) is 9.59 Å². The predicted octanol–water partition coefficient (Wildman–Crippen LogP) is 5.73. The highest BCUT2D eigenvalue weighted by atomic mass is 16.5. The van der Waals surface area contributed by atoms with Gasteiger partial charge in [-0.1, -0.05) is 24.6 Å².